The second-order valence-electron chi connectivity index (χ2n) is 1.76. The van der Waals surface area contributed by atoms with E-state index >= 15 is 0 Å². The van der Waals surface area contributed by atoms with E-state index in [0.29, 0.717) is 0 Å². The lowest BCUT2D eigenvalue weighted by Crippen LogP contribution is -2.02. The van der Waals surface area contributed by atoms with Crippen LogP contribution in [0.15, 0.2) is 29.0 Å². The largest absolute Gasteiger partial charge is 0.289 e. The molecule has 48 valence electrons. The average molecular weight is 124 g/mol. The van der Waals surface area contributed by atoms with Gasteiger partial charge in [-0.3, -0.25) is 15.3 Å². The first-order chi connectivity index (χ1) is 4.29. The molecule has 0 aromatic heterocycles. The Bertz CT molecular complexity index is 165. The molecule has 0 amide bonds. The Morgan fingerprint density at radius 3 is 3.00 bits per heavy atom. The molecule has 0 bridgehead atoms. The standard InChI is InChI=1S/C6H8N2O/c1-8(9)5-6-3-2-4-7-6/h2-5,9H,1H3/b6-5-. The highest BCUT2D eigenvalue weighted by atomic mass is 16.5. The van der Waals surface area contributed by atoms with E-state index in [1.807, 2.05) is 12.2 Å². The summed E-state index contributed by atoms with van der Waals surface area (Å²) in [5.41, 5.74) is 0.764. The van der Waals surface area contributed by atoms with Crippen LogP contribution in [0.3, 0.4) is 0 Å². The van der Waals surface area contributed by atoms with Gasteiger partial charge in [-0.1, -0.05) is 0 Å². The SMILES string of the molecule is CN(O)/C=C1/C=CC=N1. The maximum atomic E-state index is 8.66. The van der Waals surface area contributed by atoms with Crippen molar-refractivity contribution in [3.05, 3.63) is 24.0 Å². The maximum absolute atomic E-state index is 8.66. The van der Waals surface area contributed by atoms with Crippen LogP contribution in [-0.2, 0) is 0 Å². The fourth-order valence-corrected chi connectivity index (χ4v) is 0.582. The number of nitrogens with zero attached hydrogens (tertiary/aromatic N) is 2. The minimum absolute atomic E-state index is 0.764. The van der Waals surface area contributed by atoms with E-state index in [0.717, 1.165) is 10.8 Å². The number of aliphatic imine (C=N–C) groups is 1. The topological polar surface area (TPSA) is 35.8 Å². The predicted molar refractivity (Wildman–Crippen MR) is 35.3 cm³/mol. The van der Waals surface area contributed by atoms with Crippen LogP contribution < -0.4 is 0 Å². The number of hydrogen-bond donors (Lipinski definition) is 1. The van der Waals surface area contributed by atoms with Gasteiger partial charge in [-0.15, -0.1) is 0 Å². The average Bonchev–Trinajstić information content (AvgIpc) is 2.15. The van der Waals surface area contributed by atoms with E-state index < -0.39 is 0 Å². The van der Waals surface area contributed by atoms with Crippen molar-refractivity contribution >= 4 is 6.21 Å². The first kappa shape index (κ1) is 6.04. The zero-order chi connectivity index (χ0) is 6.69. The van der Waals surface area contributed by atoms with Gasteiger partial charge in [0.2, 0.25) is 0 Å². The number of hydroxylamine groups is 2. The van der Waals surface area contributed by atoms with Gasteiger partial charge >= 0.3 is 0 Å². The summed E-state index contributed by atoms with van der Waals surface area (Å²) in [5.74, 6) is 0. The monoisotopic (exact) mass is 124 g/mol. The molecular formula is C6H8N2O. The van der Waals surface area contributed by atoms with E-state index in [9.17, 15) is 0 Å². The van der Waals surface area contributed by atoms with Gasteiger partial charge in [0.05, 0.1) is 11.9 Å². The normalized spacial score (nSPS) is 19.6. The van der Waals surface area contributed by atoms with Gasteiger partial charge in [-0.25, -0.2) is 0 Å². The van der Waals surface area contributed by atoms with Crippen LogP contribution in [0.25, 0.3) is 0 Å². The molecule has 0 aliphatic carbocycles. The van der Waals surface area contributed by atoms with Crippen molar-refractivity contribution in [2.75, 3.05) is 7.05 Å². The molecule has 1 aliphatic heterocycles. The van der Waals surface area contributed by atoms with Crippen LogP contribution in [0, 0.1) is 0 Å². The summed E-state index contributed by atoms with van der Waals surface area (Å²) in [5, 5.41) is 9.64. The molecule has 0 fully saturated rings. The second-order valence-corrected chi connectivity index (χ2v) is 1.76. The smallest absolute Gasteiger partial charge is 0.0813 e. The van der Waals surface area contributed by atoms with Crippen molar-refractivity contribution in [3.63, 3.8) is 0 Å². The van der Waals surface area contributed by atoms with Gasteiger partial charge < -0.3 is 0 Å². The zero-order valence-electron chi connectivity index (χ0n) is 5.15. The van der Waals surface area contributed by atoms with E-state index in [-0.39, 0.29) is 0 Å². The van der Waals surface area contributed by atoms with Crippen LogP contribution in [0.1, 0.15) is 0 Å². The van der Waals surface area contributed by atoms with Crippen LogP contribution in [0.2, 0.25) is 0 Å². The molecule has 0 aromatic rings. The molecule has 0 saturated heterocycles. The Morgan fingerprint density at radius 2 is 2.56 bits per heavy atom. The fraction of sp³-hybridized carbons (Fsp3) is 0.167. The Kier molecular flexibility index (Phi) is 1.65. The van der Waals surface area contributed by atoms with E-state index in [4.69, 9.17) is 5.21 Å². The third kappa shape index (κ3) is 1.70. The quantitative estimate of drug-likeness (QED) is 0.524. The summed E-state index contributed by atoms with van der Waals surface area (Å²) in [6.07, 6.45) is 6.83. The molecule has 3 heteroatoms. The first-order valence-corrected chi connectivity index (χ1v) is 2.63. The summed E-state index contributed by atoms with van der Waals surface area (Å²) in [6, 6.07) is 0. The number of allylic oxidation sites excluding steroid dienone is 2. The lowest BCUT2D eigenvalue weighted by Gasteiger charge is -2.00. The first-order valence-electron chi connectivity index (χ1n) is 2.63. The Hall–Kier alpha value is -1.09. The summed E-state index contributed by atoms with van der Waals surface area (Å²) in [4.78, 5) is 3.90. The number of hydrogen-bond acceptors (Lipinski definition) is 3. The molecule has 0 radical (unpaired) electrons. The minimum Gasteiger partial charge on any atom is -0.289 e. The molecule has 0 spiro atoms. The molecule has 0 aromatic carbocycles. The minimum atomic E-state index is 0.764. The van der Waals surface area contributed by atoms with Crippen LogP contribution in [-0.4, -0.2) is 23.5 Å². The van der Waals surface area contributed by atoms with Gasteiger partial charge in [-0.05, 0) is 12.2 Å². The Labute approximate surface area is 53.6 Å². The Morgan fingerprint density at radius 1 is 1.78 bits per heavy atom. The highest BCUT2D eigenvalue weighted by Crippen LogP contribution is 2.03. The zero-order valence-corrected chi connectivity index (χ0v) is 5.15. The van der Waals surface area contributed by atoms with E-state index in [2.05, 4.69) is 4.99 Å². The summed E-state index contributed by atoms with van der Waals surface area (Å²) >= 11 is 0. The van der Waals surface area contributed by atoms with Crippen LogP contribution >= 0.6 is 0 Å². The molecule has 0 atom stereocenters. The van der Waals surface area contributed by atoms with E-state index in [1.165, 1.54) is 13.2 Å². The van der Waals surface area contributed by atoms with Gasteiger partial charge in [0.1, 0.15) is 0 Å². The molecule has 0 unspecified atom stereocenters. The van der Waals surface area contributed by atoms with Crippen molar-refractivity contribution in [1.82, 2.24) is 5.06 Å². The van der Waals surface area contributed by atoms with Crippen molar-refractivity contribution in [1.29, 1.82) is 0 Å². The third-order valence-electron chi connectivity index (χ3n) is 0.896. The lowest BCUT2D eigenvalue weighted by atomic mass is 10.5. The molecule has 1 aliphatic rings. The molecule has 1 heterocycles. The van der Waals surface area contributed by atoms with Crippen molar-refractivity contribution in [3.8, 4) is 0 Å². The highest BCUT2D eigenvalue weighted by Gasteiger charge is 1.91. The van der Waals surface area contributed by atoms with Gasteiger partial charge in [0.15, 0.2) is 0 Å². The lowest BCUT2D eigenvalue weighted by molar-refractivity contribution is -0.0135. The molecule has 3 nitrogen and oxygen atoms in total. The molecular weight excluding hydrogens is 116 g/mol. The van der Waals surface area contributed by atoms with Crippen molar-refractivity contribution < 1.29 is 5.21 Å². The number of rotatable bonds is 1. The van der Waals surface area contributed by atoms with Crippen molar-refractivity contribution in [2.45, 2.75) is 0 Å². The molecule has 1 rings (SSSR count). The predicted octanol–water partition coefficient (Wildman–Crippen LogP) is 0.789. The summed E-state index contributed by atoms with van der Waals surface area (Å²) < 4.78 is 0. The summed E-state index contributed by atoms with van der Waals surface area (Å²) in [6.45, 7) is 0. The second kappa shape index (κ2) is 2.46. The highest BCUT2D eigenvalue weighted by molar-refractivity contribution is 5.76. The van der Waals surface area contributed by atoms with Crippen LogP contribution in [0.4, 0.5) is 0 Å². The van der Waals surface area contributed by atoms with Gasteiger partial charge in [0, 0.05) is 13.3 Å². The third-order valence-corrected chi connectivity index (χ3v) is 0.896. The van der Waals surface area contributed by atoms with Gasteiger partial charge in [-0.2, -0.15) is 0 Å². The van der Waals surface area contributed by atoms with E-state index in [1.54, 1.807) is 6.21 Å². The molecule has 9 heavy (non-hydrogen) atoms. The maximum Gasteiger partial charge on any atom is 0.0813 e. The van der Waals surface area contributed by atoms with Crippen molar-refractivity contribution in [2.24, 2.45) is 4.99 Å². The fourth-order valence-electron chi connectivity index (χ4n) is 0.582. The van der Waals surface area contributed by atoms with Crippen LogP contribution in [0.5, 0.6) is 0 Å². The Balaban J connectivity index is 2.62. The molecule has 1 N–H and O–H groups in total. The van der Waals surface area contributed by atoms with Gasteiger partial charge in [0.25, 0.3) is 0 Å². The summed E-state index contributed by atoms with van der Waals surface area (Å²) in [7, 11) is 1.54. The molecule has 0 saturated carbocycles.